The summed E-state index contributed by atoms with van der Waals surface area (Å²) in [5.74, 6) is -0.246. The van der Waals surface area contributed by atoms with Crippen molar-refractivity contribution in [2.75, 3.05) is 20.1 Å². The van der Waals surface area contributed by atoms with Gasteiger partial charge in [-0.05, 0) is 43.1 Å². The largest absolute Gasteiger partial charge is 0.389 e. The molecule has 1 aliphatic rings. The number of nitrogens with zero attached hydrogens (tertiary/aromatic N) is 1. The Balaban J connectivity index is 2.12. The van der Waals surface area contributed by atoms with Crippen LogP contribution in [-0.2, 0) is 11.3 Å². The number of likely N-dealkylation sites (tertiary alicyclic amines) is 1. The molecule has 0 aromatic heterocycles. The highest BCUT2D eigenvalue weighted by atomic mass is 32.1. The van der Waals surface area contributed by atoms with Gasteiger partial charge >= 0.3 is 0 Å². The number of thiocarbonyl (C=S) groups is 1. The Morgan fingerprint density at radius 1 is 1.57 bits per heavy atom. The molecule has 114 valence electrons. The Labute approximate surface area is 129 Å². The number of nitrogens with two attached hydrogens (primary N) is 1. The van der Waals surface area contributed by atoms with Gasteiger partial charge in [-0.15, -0.1) is 0 Å². The van der Waals surface area contributed by atoms with E-state index >= 15 is 0 Å². The van der Waals surface area contributed by atoms with Crippen molar-refractivity contribution >= 4 is 23.1 Å². The summed E-state index contributed by atoms with van der Waals surface area (Å²) < 4.78 is 13.5. The first kappa shape index (κ1) is 15.9. The average Bonchev–Trinajstić information content (AvgIpc) is 2.46. The lowest BCUT2D eigenvalue weighted by Gasteiger charge is -2.32. The van der Waals surface area contributed by atoms with Crippen LogP contribution in [0.4, 0.5) is 4.39 Å². The topological polar surface area (TPSA) is 58.4 Å². The Hall–Kier alpha value is -1.53. The van der Waals surface area contributed by atoms with Crippen molar-refractivity contribution in [3.05, 3.63) is 35.1 Å². The molecule has 1 aromatic carbocycles. The normalized spacial score (nSPS) is 19.2. The van der Waals surface area contributed by atoms with Crippen molar-refractivity contribution in [2.45, 2.75) is 19.4 Å². The fourth-order valence-corrected chi connectivity index (χ4v) is 2.99. The molecule has 1 aliphatic heterocycles. The van der Waals surface area contributed by atoms with Gasteiger partial charge in [0.15, 0.2) is 0 Å². The van der Waals surface area contributed by atoms with Crippen LogP contribution in [0, 0.1) is 11.7 Å². The fourth-order valence-electron chi connectivity index (χ4n) is 2.79. The molecule has 1 amide bonds. The zero-order valence-corrected chi connectivity index (χ0v) is 12.9. The molecule has 0 bridgehead atoms. The minimum absolute atomic E-state index is 0.00872. The van der Waals surface area contributed by atoms with E-state index in [-0.39, 0.29) is 22.6 Å². The molecule has 21 heavy (non-hydrogen) atoms. The van der Waals surface area contributed by atoms with Gasteiger partial charge in [0, 0.05) is 25.7 Å². The van der Waals surface area contributed by atoms with Crippen LogP contribution in [0.3, 0.4) is 0 Å². The number of rotatable bonds is 4. The highest BCUT2D eigenvalue weighted by Gasteiger charge is 2.25. The number of piperidine rings is 1. The van der Waals surface area contributed by atoms with E-state index in [0.717, 1.165) is 24.9 Å². The van der Waals surface area contributed by atoms with Crippen LogP contribution in [0.1, 0.15) is 24.0 Å². The lowest BCUT2D eigenvalue weighted by molar-refractivity contribution is -0.126. The fraction of sp³-hybridized carbons (Fsp3) is 0.467. The van der Waals surface area contributed by atoms with Gasteiger partial charge in [0.1, 0.15) is 10.8 Å². The van der Waals surface area contributed by atoms with Crippen molar-refractivity contribution in [1.29, 1.82) is 0 Å². The Morgan fingerprint density at radius 2 is 2.33 bits per heavy atom. The van der Waals surface area contributed by atoms with E-state index in [1.165, 1.54) is 12.1 Å². The molecular weight excluding hydrogens is 289 g/mol. The predicted octanol–water partition coefficient (Wildman–Crippen LogP) is 1.42. The second-order valence-corrected chi connectivity index (χ2v) is 5.79. The summed E-state index contributed by atoms with van der Waals surface area (Å²) in [4.78, 5) is 14.2. The van der Waals surface area contributed by atoms with Crippen molar-refractivity contribution in [2.24, 2.45) is 11.7 Å². The van der Waals surface area contributed by atoms with Gasteiger partial charge in [-0.3, -0.25) is 9.69 Å². The molecule has 0 saturated carbocycles. The second-order valence-electron chi connectivity index (χ2n) is 5.35. The molecule has 1 heterocycles. The molecular formula is C15H20FN3OS. The van der Waals surface area contributed by atoms with Crippen LogP contribution in [0.25, 0.3) is 0 Å². The molecule has 1 aromatic rings. The molecule has 0 spiro atoms. The smallest absolute Gasteiger partial charge is 0.224 e. The van der Waals surface area contributed by atoms with Gasteiger partial charge in [0.05, 0.1) is 5.92 Å². The number of benzene rings is 1. The zero-order chi connectivity index (χ0) is 15.4. The van der Waals surface area contributed by atoms with Gasteiger partial charge in [0.2, 0.25) is 5.91 Å². The van der Waals surface area contributed by atoms with Crippen molar-refractivity contribution in [3.63, 3.8) is 0 Å². The molecule has 2 rings (SSSR count). The molecule has 1 saturated heterocycles. The van der Waals surface area contributed by atoms with Crippen molar-refractivity contribution in [1.82, 2.24) is 10.2 Å². The van der Waals surface area contributed by atoms with Gasteiger partial charge in [-0.25, -0.2) is 4.39 Å². The first-order valence-electron chi connectivity index (χ1n) is 7.03. The maximum Gasteiger partial charge on any atom is 0.224 e. The predicted molar refractivity (Wildman–Crippen MR) is 84.4 cm³/mol. The van der Waals surface area contributed by atoms with Crippen LogP contribution < -0.4 is 11.1 Å². The summed E-state index contributed by atoms with van der Waals surface area (Å²) in [5.41, 5.74) is 7.17. The average molecular weight is 309 g/mol. The first-order valence-corrected chi connectivity index (χ1v) is 7.44. The number of halogens is 1. The number of nitrogens with one attached hydrogen (secondary N) is 1. The molecule has 1 unspecified atom stereocenters. The third kappa shape index (κ3) is 3.98. The van der Waals surface area contributed by atoms with E-state index in [1.54, 1.807) is 13.1 Å². The summed E-state index contributed by atoms with van der Waals surface area (Å²) in [6.45, 7) is 2.12. The maximum absolute atomic E-state index is 13.5. The number of carbonyl (C=O) groups is 1. The number of amides is 1. The zero-order valence-electron chi connectivity index (χ0n) is 12.1. The van der Waals surface area contributed by atoms with Crippen LogP contribution in [0.15, 0.2) is 18.2 Å². The minimum atomic E-state index is -0.301. The molecule has 4 nitrogen and oxygen atoms in total. The lowest BCUT2D eigenvalue weighted by Crippen LogP contribution is -2.41. The molecule has 1 fully saturated rings. The van der Waals surface area contributed by atoms with E-state index in [4.69, 9.17) is 18.0 Å². The molecule has 0 aliphatic carbocycles. The first-order chi connectivity index (χ1) is 10.0. The Bertz CT molecular complexity index is 550. The maximum atomic E-state index is 13.5. The van der Waals surface area contributed by atoms with E-state index in [9.17, 15) is 9.18 Å². The summed E-state index contributed by atoms with van der Waals surface area (Å²) in [6.07, 6.45) is 1.84. The van der Waals surface area contributed by atoms with E-state index in [1.807, 2.05) is 0 Å². The summed E-state index contributed by atoms with van der Waals surface area (Å²) >= 11 is 5.02. The molecule has 0 radical (unpaired) electrons. The summed E-state index contributed by atoms with van der Waals surface area (Å²) in [6, 6.07) is 4.45. The number of hydrogen-bond acceptors (Lipinski definition) is 3. The SMILES string of the molecule is CNC(=O)C1CCCN(Cc2cc(F)ccc2C(N)=S)C1. The van der Waals surface area contributed by atoms with Crippen molar-refractivity contribution in [3.8, 4) is 0 Å². The second kappa shape index (κ2) is 6.95. The molecule has 6 heteroatoms. The minimum Gasteiger partial charge on any atom is -0.389 e. The van der Waals surface area contributed by atoms with E-state index in [0.29, 0.717) is 18.7 Å². The van der Waals surface area contributed by atoms with Gasteiger partial charge in [0.25, 0.3) is 0 Å². The standard InChI is InChI=1S/C15H20FN3OS/c1-18-15(20)10-3-2-6-19(8-10)9-11-7-12(16)4-5-13(11)14(17)21/h4-5,7,10H,2-3,6,8-9H2,1H3,(H2,17,21)(H,18,20). The monoisotopic (exact) mass is 309 g/mol. The third-order valence-electron chi connectivity index (χ3n) is 3.85. The van der Waals surface area contributed by atoms with E-state index in [2.05, 4.69) is 10.2 Å². The van der Waals surface area contributed by atoms with E-state index < -0.39 is 0 Å². The third-order valence-corrected chi connectivity index (χ3v) is 4.07. The van der Waals surface area contributed by atoms with Crippen molar-refractivity contribution < 1.29 is 9.18 Å². The number of carbonyl (C=O) groups excluding carboxylic acids is 1. The Kier molecular flexibility index (Phi) is 5.25. The van der Waals surface area contributed by atoms with Crippen LogP contribution in [0.5, 0.6) is 0 Å². The lowest BCUT2D eigenvalue weighted by atomic mass is 9.96. The molecule has 1 atom stereocenters. The quantitative estimate of drug-likeness (QED) is 0.826. The Morgan fingerprint density at radius 3 is 3.00 bits per heavy atom. The highest BCUT2D eigenvalue weighted by Crippen LogP contribution is 2.21. The summed E-state index contributed by atoms with van der Waals surface area (Å²) in [7, 11) is 1.65. The van der Waals surface area contributed by atoms with Crippen LogP contribution in [-0.4, -0.2) is 35.9 Å². The highest BCUT2D eigenvalue weighted by molar-refractivity contribution is 7.80. The number of hydrogen-bond donors (Lipinski definition) is 2. The van der Waals surface area contributed by atoms with Gasteiger partial charge in [-0.2, -0.15) is 0 Å². The molecule has 3 N–H and O–H groups in total. The summed E-state index contributed by atoms with van der Waals surface area (Å²) in [5, 5.41) is 2.69. The van der Waals surface area contributed by atoms with Gasteiger partial charge in [-0.1, -0.05) is 12.2 Å². The van der Waals surface area contributed by atoms with Crippen LogP contribution in [0.2, 0.25) is 0 Å². The van der Waals surface area contributed by atoms with Crippen LogP contribution >= 0.6 is 12.2 Å². The van der Waals surface area contributed by atoms with Gasteiger partial charge < -0.3 is 11.1 Å².